The fourth-order valence-electron chi connectivity index (χ4n) is 2.79. The van der Waals surface area contributed by atoms with E-state index in [-0.39, 0.29) is 5.69 Å². The number of hydrogen-bond donors (Lipinski definition) is 0. The van der Waals surface area contributed by atoms with Gasteiger partial charge in [-0.05, 0) is 36.9 Å². The van der Waals surface area contributed by atoms with E-state index >= 15 is 0 Å². The molecule has 3 rings (SSSR count). The molecule has 29 heavy (non-hydrogen) atoms. The second-order valence-corrected chi connectivity index (χ2v) is 6.69. The van der Waals surface area contributed by atoms with E-state index in [4.69, 9.17) is 25.6 Å². The molecule has 0 spiro atoms. The molecule has 1 aromatic heterocycles. The van der Waals surface area contributed by atoms with Crippen LogP contribution in [0.1, 0.15) is 11.5 Å². The van der Waals surface area contributed by atoms with Crippen molar-refractivity contribution in [2.24, 2.45) is 0 Å². The first kappa shape index (κ1) is 20.6. The number of hydrogen-bond acceptors (Lipinski definition) is 8. The van der Waals surface area contributed by atoms with Crippen molar-refractivity contribution in [1.29, 1.82) is 0 Å². The Bertz CT molecular complexity index is 1020. The normalized spacial score (nSPS) is 10.9. The standard InChI is InChI=1S/C19H19ClN4O5/c1-23(10-13-8-14(24(25)26)5-6-15(13)20)11-18-21-19(22-29-18)12-4-7-16(27-2)17(9-12)28-3/h4-9H,10-11H2,1-3H3. The first-order valence-electron chi connectivity index (χ1n) is 8.57. The Balaban J connectivity index is 1.72. The molecule has 0 unspecified atom stereocenters. The van der Waals surface area contributed by atoms with Gasteiger partial charge in [-0.25, -0.2) is 0 Å². The Labute approximate surface area is 171 Å². The Kier molecular flexibility index (Phi) is 6.30. The Hall–Kier alpha value is -3.17. The van der Waals surface area contributed by atoms with Gasteiger partial charge in [0.15, 0.2) is 11.5 Å². The van der Waals surface area contributed by atoms with Crippen LogP contribution >= 0.6 is 11.6 Å². The Morgan fingerprint density at radius 3 is 2.59 bits per heavy atom. The van der Waals surface area contributed by atoms with Crippen LogP contribution in [0.25, 0.3) is 11.4 Å². The van der Waals surface area contributed by atoms with Crippen LogP contribution in [-0.4, -0.2) is 41.2 Å². The first-order valence-corrected chi connectivity index (χ1v) is 8.95. The fourth-order valence-corrected chi connectivity index (χ4v) is 2.96. The molecule has 0 N–H and O–H groups in total. The molecule has 0 aliphatic carbocycles. The smallest absolute Gasteiger partial charge is 0.269 e. The lowest BCUT2D eigenvalue weighted by Crippen LogP contribution is -2.17. The predicted molar refractivity (Wildman–Crippen MR) is 106 cm³/mol. The third kappa shape index (κ3) is 4.82. The van der Waals surface area contributed by atoms with Crippen molar-refractivity contribution in [3.63, 3.8) is 0 Å². The van der Waals surface area contributed by atoms with Crippen LogP contribution in [-0.2, 0) is 13.1 Å². The zero-order valence-corrected chi connectivity index (χ0v) is 16.8. The number of ether oxygens (including phenoxy) is 2. The van der Waals surface area contributed by atoms with Gasteiger partial charge in [-0.3, -0.25) is 15.0 Å². The molecular formula is C19H19ClN4O5. The zero-order valence-electron chi connectivity index (χ0n) is 16.1. The summed E-state index contributed by atoms with van der Waals surface area (Å²) in [5, 5.41) is 15.4. The maximum atomic E-state index is 11.0. The van der Waals surface area contributed by atoms with E-state index in [1.54, 1.807) is 26.4 Å². The number of nitro benzene ring substituents is 1. The lowest BCUT2D eigenvalue weighted by molar-refractivity contribution is -0.384. The van der Waals surface area contributed by atoms with Crippen LogP contribution < -0.4 is 9.47 Å². The van der Waals surface area contributed by atoms with Gasteiger partial charge in [0.2, 0.25) is 11.7 Å². The summed E-state index contributed by atoms with van der Waals surface area (Å²) in [6.45, 7) is 0.730. The molecule has 1 heterocycles. The van der Waals surface area contributed by atoms with E-state index < -0.39 is 4.92 Å². The van der Waals surface area contributed by atoms with Crippen LogP contribution in [0.3, 0.4) is 0 Å². The van der Waals surface area contributed by atoms with Crippen LogP contribution in [0.5, 0.6) is 11.5 Å². The largest absolute Gasteiger partial charge is 0.493 e. The van der Waals surface area contributed by atoms with Crippen LogP contribution in [0.4, 0.5) is 5.69 Å². The number of halogens is 1. The molecule has 10 heteroatoms. The van der Waals surface area contributed by atoms with Gasteiger partial charge in [-0.1, -0.05) is 16.8 Å². The number of rotatable bonds is 8. The molecule has 0 bridgehead atoms. The lowest BCUT2D eigenvalue weighted by atomic mass is 10.2. The van der Waals surface area contributed by atoms with Gasteiger partial charge >= 0.3 is 0 Å². The summed E-state index contributed by atoms with van der Waals surface area (Å²) in [4.78, 5) is 16.8. The van der Waals surface area contributed by atoms with Gasteiger partial charge in [0.05, 0.1) is 25.7 Å². The number of nitrogens with zero attached hydrogens (tertiary/aromatic N) is 4. The topological polar surface area (TPSA) is 104 Å². The summed E-state index contributed by atoms with van der Waals surface area (Å²) >= 11 is 6.16. The van der Waals surface area contributed by atoms with Crippen molar-refractivity contribution in [2.75, 3.05) is 21.3 Å². The number of aromatic nitrogens is 2. The lowest BCUT2D eigenvalue weighted by Gasteiger charge is -2.15. The van der Waals surface area contributed by atoms with Gasteiger partial charge < -0.3 is 14.0 Å². The molecule has 152 valence electrons. The van der Waals surface area contributed by atoms with E-state index in [0.717, 1.165) is 5.56 Å². The highest BCUT2D eigenvalue weighted by molar-refractivity contribution is 6.31. The summed E-state index contributed by atoms with van der Waals surface area (Å²) in [5.74, 6) is 1.99. The van der Waals surface area contributed by atoms with Crippen LogP contribution in [0.15, 0.2) is 40.9 Å². The molecule has 0 saturated carbocycles. The van der Waals surface area contributed by atoms with Crippen molar-refractivity contribution in [3.05, 3.63) is 63.0 Å². The molecule has 0 aliphatic heterocycles. The molecule has 0 radical (unpaired) electrons. The van der Waals surface area contributed by atoms with Crippen LogP contribution in [0.2, 0.25) is 5.02 Å². The van der Waals surface area contributed by atoms with Crippen molar-refractivity contribution >= 4 is 17.3 Å². The molecule has 3 aromatic rings. The first-order chi connectivity index (χ1) is 13.9. The van der Waals surface area contributed by atoms with Crippen molar-refractivity contribution in [2.45, 2.75) is 13.1 Å². The van der Waals surface area contributed by atoms with E-state index in [0.29, 0.717) is 46.9 Å². The van der Waals surface area contributed by atoms with Gasteiger partial charge in [-0.15, -0.1) is 0 Å². The Morgan fingerprint density at radius 2 is 1.90 bits per heavy atom. The minimum atomic E-state index is -0.451. The molecule has 0 aliphatic rings. The summed E-state index contributed by atoms with van der Waals surface area (Å²) in [5.41, 5.74) is 1.36. The average Bonchev–Trinajstić information content (AvgIpc) is 3.17. The monoisotopic (exact) mass is 418 g/mol. The van der Waals surface area contributed by atoms with Gasteiger partial charge in [0, 0.05) is 29.3 Å². The highest BCUT2D eigenvalue weighted by Gasteiger charge is 2.15. The minimum Gasteiger partial charge on any atom is -0.493 e. The molecule has 0 fully saturated rings. The number of nitro groups is 1. The Morgan fingerprint density at radius 1 is 1.14 bits per heavy atom. The number of methoxy groups -OCH3 is 2. The summed E-state index contributed by atoms with van der Waals surface area (Å²) in [7, 11) is 4.94. The van der Waals surface area contributed by atoms with Gasteiger partial charge in [0.1, 0.15) is 0 Å². The summed E-state index contributed by atoms with van der Waals surface area (Å²) in [6, 6.07) is 9.69. The zero-order chi connectivity index (χ0) is 21.0. The highest BCUT2D eigenvalue weighted by atomic mass is 35.5. The molecule has 0 atom stereocenters. The second kappa shape index (κ2) is 8.89. The predicted octanol–water partition coefficient (Wildman–Crippen LogP) is 3.95. The minimum absolute atomic E-state index is 0.00803. The van der Waals surface area contributed by atoms with E-state index in [1.165, 1.54) is 18.2 Å². The molecule has 2 aromatic carbocycles. The van der Waals surface area contributed by atoms with Crippen molar-refractivity contribution in [3.8, 4) is 22.9 Å². The number of benzene rings is 2. The maximum absolute atomic E-state index is 11.0. The summed E-state index contributed by atoms with van der Waals surface area (Å²) < 4.78 is 15.9. The summed E-state index contributed by atoms with van der Waals surface area (Å²) in [6.07, 6.45) is 0. The third-order valence-electron chi connectivity index (χ3n) is 4.20. The van der Waals surface area contributed by atoms with Gasteiger partial charge in [0.25, 0.3) is 5.69 Å². The highest BCUT2D eigenvalue weighted by Crippen LogP contribution is 2.31. The quantitative estimate of drug-likeness (QED) is 0.400. The van der Waals surface area contributed by atoms with E-state index in [2.05, 4.69) is 10.1 Å². The molecule has 0 saturated heterocycles. The fraction of sp³-hybridized carbons (Fsp3) is 0.263. The van der Waals surface area contributed by atoms with E-state index in [1.807, 2.05) is 18.0 Å². The molecule has 0 amide bonds. The molecule has 9 nitrogen and oxygen atoms in total. The van der Waals surface area contributed by atoms with Crippen molar-refractivity contribution < 1.29 is 18.9 Å². The van der Waals surface area contributed by atoms with Crippen LogP contribution in [0, 0.1) is 10.1 Å². The van der Waals surface area contributed by atoms with E-state index in [9.17, 15) is 10.1 Å². The molecular weight excluding hydrogens is 400 g/mol. The second-order valence-electron chi connectivity index (χ2n) is 6.29. The van der Waals surface area contributed by atoms with Crippen molar-refractivity contribution in [1.82, 2.24) is 15.0 Å². The maximum Gasteiger partial charge on any atom is 0.269 e. The van der Waals surface area contributed by atoms with Gasteiger partial charge in [-0.2, -0.15) is 4.98 Å². The number of non-ortho nitro benzene ring substituents is 1. The average molecular weight is 419 g/mol. The third-order valence-corrected chi connectivity index (χ3v) is 4.56. The SMILES string of the molecule is COc1ccc(-c2noc(CN(C)Cc3cc([N+](=O)[O-])ccc3Cl)n2)cc1OC.